The van der Waals surface area contributed by atoms with Gasteiger partial charge in [0.2, 0.25) is 0 Å². The predicted molar refractivity (Wildman–Crippen MR) is 152 cm³/mol. The zero-order chi connectivity index (χ0) is 30.9. The van der Waals surface area contributed by atoms with Crippen molar-refractivity contribution >= 4 is 29.6 Å². The summed E-state index contributed by atoms with van der Waals surface area (Å²) in [6, 6.07) is 24.1. The standard InChI is InChI=1S/C32H29NO10/c1-19(34)24(32(38)39-2)25(33)27-28(43-31(37)22-16-10-5-11-17-22)26(42-30(36)21-14-8-4-9-15-21)23(41-27)18-40-29(35)20-12-6-3-7-13-20/h3-17,23,26-28,33-34H,18H2,1-2H3/b24-19-,33-25?/t23-,26-,27+,28-/m1/s1. The molecule has 3 aromatic carbocycles. The minimum absolute atomic E-state index is 0.155. The minimum Gasteiger partial charge on any atom is -0.512 e. The number of benzene rings is 3. The number of carbonyl (C=O) groups is 4. The van der Waals surface area contributed by atoms with E-state index in [9.17, 15) is 24.3 Å². The van der Waals surface area contributed by atoms with Gasteiger partial charge in [0.15, 0.2) is 12.2 Å². The molecule has 0 spiro atoms. The van der Waals surface area contributed by atoms with Crippen molar-refractivity contribution in [1.29, 1.82) is 5.41 Å². The van der Waals surface area contributed by atoms with E-state index < -0.39 is 71.9 Å². The van der Waals surface area contributed by atoms with E-state index in [2.05, 4.69) is 0 Å². The van der Waals surface area contributed by atoms with Gasteiger partial charge in [0.1, 0.15) is 30.1 Å². The van der Waals surface area contributed by atoms with Gasteiger partial charge in [-0.2, -0.15) is 0 Å². The fraction of sp³-hybridized carbons (Fsp3) is 0.219. The second kappa shape index (κ2) is 14.1. The quantitative estimate of drug-likeness (QED) is 0.116. The van der Waals surface area contributed by atoms with Crippen molar-refractivity contribution < 1.29 is 48.0 Å². The first-order valence-corrected chi connectivity index (χ1v) is 13.2. The van der Waals surface area contributed by atoms with Gasteiger partial charge in [-0.25, -0.2) is 19.2 Å². The highest BCUT2D eigenvalue weighted by Crippen LogP contribution is 2.32. The maximum atomic E-state index is 13.2. The molecule has 0 amide bonds. The van der Waals surface area contributed by atoms with Gasteiger partial charge in [-0.15, -0.1) is 0 Å². The Bertz CT molecular complexity index is 1500. The lowest BCUT2D eigenvalue weighted by Crippen LogP contribution is -2.44. The molecule has 0 aliphatic carbocycles. The summed E-state index contributed by atoms with van der Waals surface area (Å²) in [6.45, 7) is 0.700. The Hall–Kier alpha value is -5.29. The predicted octanol–water partition coefficient (Wildman–Crippen LogP) is 4.09. The monoisotopic (exact) mass is 587 g/mol. The fourth-order valence-electron chi connectivity index (χ4n) is 4.41. The van der Waals surface area contributed by atoms with Crippen LogP contribution in [0.15, 0.2) is 102 Å². The number of hydrogen-bond acceptors (Lipinski definition) is 11. The molecule has 222 valence electrons. The number of aliphatic hydroxyl groups excluding tert-OH is 1. The average Bonchev–Trinajstić information content (AvgIpc) is 3.36. The lowest BCUT2D eigenvalue weighted by molar-refractivity contribution is -0.135. The van der Waals surface area contributed by atoms with Crippen LogP contribution in [0.4, 0.5) is 0 Å². The van der Waals surface area contributed by atoms with Crippen molar-refractivity contribution in [3.8, 4) is 0 Å². The first kappa shape index (κ1) is 30.7. The summed E-state index contributed by atoms with van der Waals surface area (Å²) in [6.07, 6.45) is -5.71. The van der Waals surface area contributed by atoms with Crippen LogP contribution in [0, 0.1) is 5.41 Å². The Morgan fingerprint density at radius 2 is 1.19 bits per heavy atom. The topological polar surface area (TPSA) is 159 Å². The largest absolute Gasteiger partial charge is 0.512 e. The van der Waals surface area contributed by atoms with Crippen LogP contribution in [-0.2, 0) is 28.5 Å². The summed E-state index contributed by atoms with van der Waals surface area (Å²) in [5, 5.41) is 19.0. The second-order valence-corrected chi connectivity index (χ2v) is 9.40. The van der Waals surface area contributed by atoms with Crippen molar-refractivity contribution in [1.82, 2.24) is 0 Å². The van der Waals surface area contributed by atoms with E-state index in [1.54, 1.807) is 66.7 Å². The van der Waals surface area contributed by atoms with Crippen molar-refractivity contribution in [2.75, 3.05) is 13.7 Å². The van der Waals surface area contributed by atoms with Crippen LogP contribution in [0.25, 0.3) is 0 Å². The molecule has 1 heterocycles. The van der Waals surface area contributed by atoms with E-state index in [-0.39, 0.29) is 16.7 Å². The van der Waals surface area contributed by atoms with E-state index >= 15 is 0 Å². The smallest absolute Gasteiger partial charge is 0.343 e. The summed E-state index contributed by atoms with van der Waals surface area (Å²) < 4.78 is 27.8. The molecular weight excluding hydrogens is 558 g/mol. The van der Waals surface area contributed by atoms with E-state index in [0.29, 0.717) is 0 Å². The summed E-state index contributed by atoms with van der Waals surface area (Å²) in [4.78, 5) is 51.6. The number of aliphatic hydroxyl groups is 1. The molecule has 0 bridgehead atoms. The van der Waals surface area contributed by atoms with Crippen molar-refractivity contribution in [2.24, 2.45) is 0 Å². The highest BCUT2D eigenvalue weighted by Gasteiger charge is 2.53. The Kier molecular flexibility index (Phi) is 10.0. The highest BCUT2D eigenvalue weighted by molar-refractivity contribution is 6.21. The molecule has 1 saturated heterocycles. The first-order valence-electron chi connectivity index (χ1n) is 13.2. The van der Waals surface area contributed by atoms with E-state index in [0.717, 1.165) is 7.11 Å². The molecule has 0 radical (unpaired) electrons. The molecule has 11 nitrogen and oxygen atoms in total. The van der Waals surface area contributed by atoms with Crippen LogP contribution >= 0.6 is 0 Å². The van der Waals surface area contributed by atoms with Crippen LogP contribution in [0.5, 0.6) is 0 Å². The third-order valence-corrected chi connectivity index (χ3v) is 6.51. The lowest BCUT2D eigenvalue weighted by atomic mass is 9.98. The maximum Gasteiger partial charge on any atom is 0.343 e. The SMILES string of the molecule is COC(=O)/C(C(=N)[C@@H]1O[C@H](COC(=O)c2ccccc2)[C@@H](OC(=O)c2ccccc2)[C@H]1OC(=O)c1ccccc1)=C(/C)O. The van der Waals surface area contributed by atoms with Gasteiger partial charge in [0, 0.05) is 0 Å². The Labute approximate surface area is 247 Å². The molecule has 4 rings (SSSR count). The van der Waals surface area contributed by atoms with E-state index in [1.165, 1.54) is 31.2 Å². The van der Waals surface area contributed by atoms with Gasteiger partial charge in [-0.3, -0.25) is 0 Å². The van der Waals surface area contributed by atoms with Gasteiger partial charge < -0.3 is 34.2 Å². The van der Waals surface area contributed by atoms with E-state index in [4.69, 9.17) is 29.1 Å². The number of methoxy groups -OCH3 is 1. The summed E-state index contributed by atoms with van der Waals surface area (Å²) in [7, 11) is 1.07. The molecule has 43 heavy (non-hydrogen) atoms. The molecule has 1 fully saturated rings. The summed E-state index contributed by atoms with van der Waals surface area (Å²) in [5.41, 5.74) is -0.558. The second-order valence-electron chi connectivity index (χ2n) is 9.40. The summed E-state index contributed by atoms with van der Waals surface area (Å²) >= 11 is 0. The number of nitrogens with one attached hydrogen (secondary N) is 1. The Balaban J connectivity index is 1.72. The van der Waals surface area contributed by atoms with Crippen LogP contribution in [0.1, 0.15) is 38.0 Å². The maximum absolute atomic E-state index is 13.2. The zero-order valence-electron chi connectivity index (χ0n) is 23.3. The average molecular weight is 588 g/mol. The van der Waals surface area contributed by atoms with Gasteiger partial charge in [0.25, 0.3) is 0 Å². The highest BCUT2D eigenvalue weighted by atomic mass is 16.7. The van der Waals surface area contributed by atoms with Crippen molar-refractivity contribution in [2.45, 2.75) is 31.3 Å². The van der Waals surface area contributed by atoms with Gasteiger partial charge >= 0.3 is 23.9 Å². The lowest BCUT2D eigenvalue weighted by Gasteiger charge is -2.25. The molecule has 0 unspecified atom stereocenters. The Morgan fingerprint density at radius 3 is 1.63 bits per heavy atom. The number of rotatable bonds is 10. The normalized spacial score (nSPS) is 19.9. The van der Waals surface area contributed by atoms with Crippen molar-refractivity contribution in [3.63, 3.8) is 0 Å². The fourth-order valence-corrected chi connectivity index (χ4v) is 4.41. The molecule has 2 N–H and O–H groups in total. The number of esters is 4. The molecule has 1 aliphatic rings. The Morgan fingerprint density at radius 1 is 0.744 bits per heavy atom. The number of allylic oxidation sites excluding steroid dienone is 1. The van der Waals surface area contributed by atoms with E-state index in [1.807, 2.05) is 0 Å². The molecule has 3 aromatic rings. The minimum atomic E-state index is -1.54. The zero-order valence-corrected chi connectivity index (χ0v) is 23.3. The third-order valence-electron chi connectivity index (χ3n) is 6.51. The number of carbonyl (C=O) groups excluding carboxylic acids is 4. The van der Waals surface area contributed by atoms with Gasteiger partial charge in [0.05, 0.1) is 29.5 Å². The molecular formula is C32H29NO10. The molecule has 0 aromatic heterocycles. The van der Waals surface area contributed by atoms with Crippen molar-refractivity contribution in [3.05, 3.63) is 119 Å². The van der Waals surface area contributed by atoms with Crippen LogP contribution in [0.3, 0.4) is 0 Å². The van der Waals surface area contributed by atoms with Crippen LogP contribution < -0.4 is 0 Å². The van der Waals surface area contributed by atoms with Gasteiger partial charge in [-0.05, 0) is 43.3 Å². The third kappa shape index (κ3) is 7.32. The van der Waals surface area contributed by atoms with Crippen LogP contribution in [-0.4, -0.2) is 72.8 Å². The molecule has 1 aliphatic heterocycles. The number of ether oxygens (including phenoxy) is 5. The molecule has 0 saturated carbocycles. The molecule has 4 atom stereocenters. The molecule has 11 heteroatoms. The van der Waals surface area contributed by atoms with Crippen LogP contribution in [0.2, 0.25) is 0 Å². The van der Waals surface area contributed by atoms with Gasteiger partial charge in [-0.1, -0.05) is 54.6 Å². The summed E-state index contributed by atoms with van der Waals surface area (Å²) in [5.74, 6) is -3.93. The first-order chi connectivity index (χ1) is 20.7. The number of hydrogen-bond donors (Lipinski definition) is 2.